The van der Waals surface area contributed by atoms with Crippen LogP contribution >= 0.6 is 11.6 Å². The van der Waals surface area contributed by atoms with Gasteiger partial charge in [-0.2, -0.15) is 0 Å². The Morgan fingerprint density at radius 3 is 1.12 bits per heavy atom. The van der Waals surface area contributed by atoms with Crippen LogP contribution in [0.4, 0.5) is 13.2 Å². The van der Waals surface area contributed by atoms with Crippen LogP contribution in [-0.2, 0) is 0 Å². The van der Waals surface area contributed by atoms with Crippen molar-refractivity contribution < 1.29 is 13.2 Å². The second kappa shape index (κ2) is 7.08. The van der Waals surface area contributed by atoms with E-state index in [-0.39, 0.29) is 0 Å². The summed E-state index contributed by atoms with van der Waals surface area (Å²) in [5.41, 5.74) is -1.19. The Bertz CT molecular complexity index is 26.8. The summed E-state index contributed by atoms with van der Waals surface area (Å²) in [6, 6.07) is 0. The van der Waals surface area contributed by atoms with E-state index in [9.17, 15) is 13.2 Å². The maximum atomic E-state index is 10.8. The van der Waals surface area contributed by atoms with Gasteiger partial charge in [0.1, 0.15) is 0 Å². The van der Waals surface area contributed by atoms with Crippen LogP contribution in [0.25, 0.3) is 0 Å². The molecule has 0 spiro atoms. The molecule has 0 radical (unpaired) electrons. The Morgan fingerprint density at radius 1 is 1.12 bits per heavy atom. The van der Waals surface area contributed by atoms with Crippen molar-refractivity contribution in [1.29, 1.82) is 0 Å². The summed E-state index contributed by atoms with van der Waals surface area (Å²) < 4.78 is 31.4. The highest BCUT2D eigenvalue weighted by Gasteiger charge is 1.79. The van der Waals surface area contributed by atoms with Crippen molar-refractivity contribution in [2.75, 3.05) is 0 Å². The summed E-state index contributed by atoms with van der Waals surface area (Å²) >= 11 is 4.61. The molecule has 4 heteroatoms. The van der Waals surface area contributed by atoms with Crippen molar-refractivity contribution in [3.05, 3.63) is 0 Å². The monoisotopic (exact) mass is 148 g/mol. The molecule has 0 aliphatic carbocycles. The van der Waals surface area contributed by atoms with E-state index >= 15 is 0 Å². The normalized spacial score (nSPS) is 12.4. The van der Waals surface area contributed by atoms with E-state index < -0.39 is 12.1 Å². The Balaban J connectivity index is 0. The predicted molar refractivity (Wildman–Crippen MR) is 28.1 cm³/mol. The van der Waals surface area contributed by atoms with Crippen LogP contribution in [-0.4, -0.2) is 12.1 Å². The molecule has 0 aromatic carbocycles. The summed E-state index contributed by atoms with van der Waals surface area (Å²) in [6.07, 6.45) is -2.17. The molecule has 0 amide bonds. The van der Waals surface area contributed by atoms with Gasteiger partial charge < -0.3 is 0 Å². The van der Waals surface area contributed by atoms with Crippen LogP contribution < -0.4 is 0 Å². The van der Waals surface area contributed by atoms with Gasteiger partial charge in [-0.25, -0.2) is 13.2 Å². The number of halogens is 4. The smallest absolute Gasteiger partial charge is 0.230 e. The van der Waals surface area contributed by atoms with Crippen LogP contribution in [0.15, 0.2) is 0 Å². The zero-order chi connectivity index (χ0) is 7.15. The molecule has 0 heterocycles. The minimum absolute atomic E-state index is 0.833. The highest BCUT2D eigenvalue weighted by Crippen LogP contribution is 1.89. The predicted octanol–water partition coefficient (Wildman–Crippen LogP) is 2.81. The second-order valence-corrected chi connectivity index (χ2v) is 1.64. The Kier molecular flexibility index (Phi) is 9.70. The molecule has 0 aliphatic heterocycles. The fourth-order valence-corrected chi connectivity index (χ4v) is 0. The maximum Gasteiger partial charge on any atom is 0.235 e. The molecule has 1 atom stereocenters. The van der Waals surface area contributed by atoms with Gasteiger partial charge in [-0.15, -0.1) is 0 Å². The van der Waals surface area contributed by atoms with Crippen molar-refractivity contribution in [3.63, 3.8) is 0 Å². The van der Waals surface area contributed by atoms with Gasteiger partial charge in [0.05, 0.1) is 0 Å². The molecule has 52 valence electrons. The summed E-state index contributed by atoms with van der Waals surface area (Å²) in [5, 5.41) is 0. The first kappa shape index (κ1) is 11.0. The van der Waals surface area contributed by atoms with Crippen LogP contribution in [0, 0.1) is 0 Å². The first-order chi connectivity index (χ1) is 3.46. The van der Waals surface area contributed by atoms with Crippen molar-refractivity contribution in [3.8, 4) is 0 Å². The first-order valence-electron chi connectivity index (χ1n) is 2.03. The van der Waals surface area contributed by atoms with Crippen LogP contribution in [0.2, 0.25) is 0 Å². The standard InChI is InChI=1S/C2H4ClF.C2H4F2/c2*1-2(3)4/h2*2H,1H3. The van der Waals surface area contributed by atoms with Crippen molar-refractivity contribution >= 4 is 11.6 Å². The van der Waals surface area contributed by atoms with Crippen molar-refractivity contribution in [2.24, 2.45) is 0 Å². The molecule has 0 saturated carbocycles. The Morgan fingerprint density at radius 2 is 1.12 bits per heavy atom. The van der Waals surface area contributed by atoms with Gasteiger partial charge >= 0.3 is 0 Å². The van der Waals surface area contributed by atoms with E-state index in [1.807, 2.05) is 0 Å². The minimum Gasteiger partial charge on any atom is -0.230 e. The van der Waals surface area contributed by atoms with Crippen LogP contribution in [0.3, 0.4) is 0 Å². The molecule has 0 fully saturated rings. The summed E-state index contributed by atoms with van der Waals surface area (Å²) in [5.74, 6) is 0. The molecular weight excluding hydrogens is 140 g/mol. The van der Waals surface area contributed by atoms with E-state index in [4.69, 9.17) is 0 Å². The molecular formula is C4H8ClF3. The molecule has 0 aromatic heterocycles. The summed E-state index contributed by atoms with van der Waals surface area (Å²) in [6.45, 7) is 2.10. The molecule has 1 unspecified atom stereocenters. The van der Waals surface area contributed by atoms with E-state index in [0.717, 1.165) is 6.92 Å². The summed E-state index contributed by atoms with van der Waals surface area (Å²) in [4.78, 5) is 0. The Labute approximate surface area is 51.6 Å². The molecule has 8 heavy (non-hydrogen) atoms. The molecule has 0 aromatic rings. The van der Waals surface area contributed by atoms with Gasteiger partial charge in [0.15, 0.2) is 5.63 Å². The lowest BCUT2D eigenvalue weighted by Gasteiger charge is -1.71. The van der Waals surface area contributed by atoms with Crippen LogP contribution in [0.5, 0.6) is 0 Å². The van der Waals surface area contributed by atoms with E-state index in [1.54, 1.807) is 0 Å². The number of alkyl halides is 4. The second-order valence-electron chi connectivity index (χ2n) is 1.04. The molecule has 0 rings (SSSR count). The zero-order valence-electron chi connectivity index (χ0n) is 4.67. The number of rotatable bonds is 0. The molecule has 0 N–H and O–H groups in total. The van der Waals surface area contributed by atoms with Crippen molar-refractivity contribution in [2.45, 2.75) is 25.9 Å². The van der Waals surface area contributed by atoms with Gasteiger partial charge in [0, 0.05) is 0 Å². The molecule has 0 nitrogen and oxygen atoms in total. The molecule has 0 bridgehead atoms. The lowest BCUT2D eigenvalue weighted by molar-refractivity contribution is 0.171. The maximum absolute atomic E-state index is 10.8. The van der Waals surface area contributed by atoms with Gasteiger partial charge in [0.25, 0.3) is 0 Å². The minimum atomic E-state index is -2.17. The van der Waals surface area contributed by atoms with Crippen molar-refractivity contribution in [1.82, 2.24) is 0 Å². The van der Waals surface area contributed by atoms with Gasteiger partial charge in [0.2, 0.25) is 6.43 Å². The number of hydrogen-bond acceptors (Lipinski definition) is 0. The highest BCUT2D eigenvalue weighted by atomic mass is 35.5. The third kappa shape index (κ3) is 24500. The fraction of sp³-hybridized carbons (Fsp3) is 1.00. The van der Waals surface area contributed by atoms with Crippen LogP contribution in [0.1, 0.15) is 13.8 Å². The van der Waals surface area contributed by atoms with Gasteiger partial charge in [-0.05, 0) is 13.8 Å². The third-order valence-electron chi connectivity index (χ3n) is 0. The highest BCUT2D eigenvalue weighted by molar-refractivity contribution is 6.19. The average molecular weight is 149 g/mol. The largest absolute Gasteiger partial charge is 0.235 e. The zero-order valence-corrected chi connectivity index (χ0v) is 5.42. The number of hydrogen-bond donors (Lipinski definition) is 0. The molecule has 0 saturated heterocycles. The Hall–Kier alpha value is 0.0800. The fourth-order valence-electron chi connectivity index (χ4n) is 0. The SMILES string of the molecule is CC(F)Cl.CC(F)F. The van der Waals surface area contributed by atoms with E-state index in [0.29, 0.717) is 0 Å². The lowest BCUT2D eigenvalue weighted by Crippen LogP contribution is -1.69. The topological polar surface area (TPSA) is 0 Å². The van der Waals surface area contributed by atoms with E-state index in [2.05, 4.69) is 11.6 Å². The van der Waals surface area contributed by atoms with E-state index in [1.165, 1.54) is 6.92 Å². The quantitative estimate of drug-likeness (QED) is 0.464. The van der Waals surface area contributed by atoms with Gasteiger partial charge in [-0.1, -0.05) is 11.6 Å². The average Bonchev–Trinajstić information content (AvgIpc) is 1.25. The molecule has 0 aliphatic rings. The first-order valence-corrected chi connectivity index (χ1v) is 2.46. The summed E-state index contributed by atoms with van der Waals surface area (Å²) in [7, 11) is 0. The van der Waals surface area contributed by atoms with Gasteiger partial charge in [-0.3, -0.25) is 0 Å². The third-order valence-corrected chi connectivity index (χ3v) is 0. The lowest BCUT2D eigenvalue weighted by atomic mass is 10.9.